The van der Waals surface area contributed by atoms with E-state index in [2.05, 4.69) is 10.6 Å². The molecule has 2 aromatic carbocycles. The topological polar surface area (TPSA) is 128 Å². The number of nitrogen functional groups attached to an aromatic ring is 1. The van der Waals surface area contributed by atoms with Crippen LogP contribution in [0.4, 0.5) is 11.4 Å². The highest BCUT2D eigenvalue weighted by Crippen LogP contribution is 2.21. The number of benzene rings is 2. The fourth-order valence-corrected chi connectivity index (χ4v) is 1.77. The van der Waals surface area contributed by atoms with Gasteiger partial charge in [0.15, 0.2) is 0 Å². The summed E-state index contributed by atoms with van der Waals surface area (Å²) in [6.45, 7) is 0. The lowest BCUT2D eigenvalue weighted by Gasteiger charge is -2.06. The number of anilines is 2. The Kier molecular flexibility index (Phi) is 5.16. The molecule has 0 radical (unpaired) electrons. The van der Waals surface area contributed by atoms with Crippen LogP contribution in [-0.4, -0.2) is 16.9 Å². The zero-order valence-electron chi connectivity index (χ0n) is 12.5. The third-order valence-electron chi connectivity index (χ3n) is 3.04. The van der Waals surface area contributed by atoms with E-state index in [0.29, 0.717) is 11.3 Å². The summed E-state index contributed by atoms with van der Waals surface area (Å²) in [6.07, 6.45) is 1.01. The van der Waals surface area contributed by atoms with Gasteiger partial charge in [0.2, 0.25) is 0 Å². The van der Waals surface area contributed by atoms with Gasteiger partial charge >= 0.3 is 0 Å². The van der Waals surface area contributed by atoms with E-state index < -0.39 is 11.8 Å². The first kappa shape index (κ1) is 16.6. The van der Waals surface area contributed by atoms with Gasteiger partial charge in [-0.15, -0.1) is 0 Å². The van der Waals surface area contributed by atoms with Crippen molar-refractivity contribution in [3.63, 3.8) is 0 Å². The van der Waals surface area contributed by atoms with Crippen molar-refractivity contribution in [3.8, 4) is 11.8 Å². The number of aromatic hydroxyl groups is 1. The van der Waals surface area contributed by atoms with Crippen LogP contribution >= 0.6 is 0 Å². The largest absolute Gasteiger partial charge is 0.506 e. The number of carbonyl (C=O) groups excluding carboxylic acids is 2. The number of phenolic OH excluding ortho intramolecular Hbond substituents is 1. The maximum absolute atomic E-state index is 12.0. The Bertz CT molecular complexity index is 836. The summed E-state index contributed by atoms with van der Waals surface area (Å²) in [5.74, 6) is -1.37. The van der Waals surface area contributed by atoms with E-state index in [4.69, 9.17) is 11.0 Å². The Labute approximate surface area is 138 Å². The lowest BCUT2D eigenvalue weighted by Crippen LogP contribution is -2.21. The molecule has 120 valence electrons. The molecule has 2 rings (SSSR count). The molecular formula is C17H14N4O3. The van der Waals surface area contributed by atoms with Crippen molar-refractivity contribution in [2.45, 2.75) is 0 Å². The second-order valence-electron chi connectivity index (χ2n) is 4.74. The molecule has 2 amide bonds. The van der Waals surface area contributed by atoms with Crippen LogP contribution in [0.15, 0.2) is 60.3 Å². The fraction of sp³-hybridized carbons (Fsp3) is 0. The van der Waals surface area contributed by atoms with Crippen molar-refractivity contribution in [1.82, 2.24) is 5.32 Å². The van der Waals surface area contributed by atoms with E-state index in [0.717, 1.165) is 6.20 Å². The van der Waals surface area contributed by atoms with Gasteiger partial charge in [0, 0.05) is 17.5 Å². The maximum Gasteiger partial charge on any atom is 0.267 e. The molecular weight excluding hydrogens is 308 g/mol. The molecule has 0 spiro atoms. The van der Waals surface area contributed by atoms with Gasteiger partial charge in [0.05, 0.1) is 5.69 Å². The van der Waals surface area contributed by atoms with E-state index in [1.54, 1.807) is 30.3 Å². The highest BCUT2D eigenvalue weighted by atomic mass is 16.3. The van der Waals surface area contributed by atoms with Crippen LogP contribution in [0.2, 0.25) is 0 Å². The Morgan fingerprint density at radius 3 is 2.42 bits per heavy atom. The van der Waals surface area contributed by atoms with E-state index in [9.17, 15) is 14.7 Å². The summed E-state index contributed by atoms with van der Waals surface area (Å²) in [5.41, 5.74) is 6.23. The zero-order valence-corrected chi connectivity index (χ0v) is 12.5. The molecule has 0 atom stereocenters. The van der Waals surface area contributed by atoms with Crippen LogP contribution in [-0.2, 0) is 4.79 Å². The molecule has 0 fully saturated rings. The molecule has 0 saturated carbocycles. The van der Waals surface area contributed by atoms with Gasteiger partial charge in [-0.25, -0.2) is 0 Å². The monoisotopic (exact) mass is 322 g/mol. The minimum Gasteiger partial charge on any atom is -0.506 e. The minimum absolute atomic E-state index is 0.131. The molecule has 0 heterocycles. The molecule has 7 heteroatoms. The molecule has 0 aromatic heterocycles. The second kappa shape index (κ2) is 7.47. The summed E-state index contributed by atoms with van der Waals surface area (Å²) in [5, 5.41) is 23.4. The van der Waals surface area contributed by atoms with Gasteiger partial charge in [-0.3, -0.25) is 9.59 Å². The average Bonchev–Trinajstić information content (AvgIpc) is 2.58. The quantitative estimate of drug-likeness (QED) is 0.295. The molecule has 0 saturated heterocycles. The van der Waals surface area contributed by atoms with Crippen molar-refractivity contribution >= 4 is 23.2 Å². The summed E-state index contributed by atoms with van der Waals surface area (Å²) in [4.78, 5) is 23.9. The Morgan fingerprint density at radius 1 is 1.12 bits per heavy atom. The van der Waals surface area contributed by atoms with Gasteiger partial charge in [-0.05, 0) is 36.4 Å². The molecule has 0 unspecified atom stereocenters. The Morgan fingerprint density at radius 2 is 1.79 bits per heavy atom. The number of hydrogen-bond acceptors (Lipinski definition) is 5. The van der Waals surface area contributed by atoms with Crippen LogP contribution in [0.3, 0.4) is 0 Å². The lowest BCUT2D eigenvalue weighted by molar-refractivity contribution is -0.112. The van der Waals surface area contributed by atoms with Gasteiger partial charge in [-0.2, -0.15) is 5.26 Å². The number of nitriles is 1. The van der Waals surface area contributed by atoms with Crippen LogP contribution in [0.25, 0.3) is 0 Å². The number of phenols is 1. The molecule has 0 aliphatic carbocycles. The molecule has 2 aromatic rings. The van der Waals surface area contributed by atoms with Crippen molar-refractivity contribution < 1.29 is 14.7 Å². The van der Waals surface area contributed by atoms with Crippen molar-refractivity contribution in [1.29, 1.82) is 5.26 Å². The van der Waals surface area contributed by atoms with Crippen LogP contribution in [0.1, 0.15) is 10.4 Å². The van der Waals surface area contributed by atoms with E-state index in [-0.39, 0.29) is 17.0 Å². The third-order valence-corrected chi connectivity index (χ3v) is 3.04. The smallest absolute Gasteiger partial charge is 0.267 e. The third kappa shape index (κ3) is 4.11. The lowest BCUT2D eigenvalue weighted by atomic mass is 10.2. The van der Waals surface area contributed by atoms with Crippen LogP contribution in [0, 0.1) is 11.3 Å². The van der Waals surface area contributed by atoms with Gasteiger partial charge < -0.3 is 21.5 Å². The summed E-state index contributed by atoms with van der Waals surface area (Å²) < 4.78 is 0. The van der Waals surface area contributed by atoms with E-state index in [1.807, 2.05) is 0 Å². The second-order valence-corrected chi connectivity index (χ2v) is 4.74. The molecule has 24 heavy (non-hydrogen) atoms. The predicted molar refractivity (Wildman–Crippen MR) is 88.8 cm³/mol. The summed E-state index contributed by atoms with van der Waals surface area (Å²) >= 11 is 0. The number of amides is 2. The fourth-order valence-electron chi connectivity index (χ4n) is 1.77. The number of rotatable bonds is 4. The number of carbonyl (C=O) groups is 2. The summed E-state index contributed by atoms with van der Waals surface area (Å²) in [7, 11) is 0. The molecule has 0 bridgehead atoms. The minimum atomic E-state index is -0.753. The first-order valence-corrected chi connectivity index (χ1v) is 6.87. The van der Waals surface area contributed by atoms with Crippen molar-refractivity contribution in [3.05, 3.63) is 65.9 Å². The first-order valence-electron chi connectivity index (χ1n) is 6.87. The highest BCUT2D eigenvalue weighted by Gasteiger charge is 2.12. The zero-order chi connectivity index (χ0) is 17.5. The van der Waals surface area contributed by atoms with Gasteiger partial charge in [0.1, 0.15) is 17.4 Å². The number of nitrogens with zero attached hydrogens (tertiary/aromatic N) is 1. The van der Waals surface area contributed by atoms with Crippen molar-refractivity contribution in [2.75, 3.05) is 11.1 Å². The van der Waals surface area contributed by atoms with Crippen LogP contribution < -0.4 is 16.4 Å². The molecule has 7 nitrogen and oxygen atoms in total. The average molecular weight is 322 g/mol. The SMILES string of the molecule is N#C/C(=C/NC(=O)c1ccc(N)cc1)C(=O)Nc1ccccc1O. The molecule has 5 N–H and O–H groups in total. The number of hydrogen-bond donors (Lipinski definition) is 4. The molecule has 0 aliphatic heterocycles. The Hall–Kier alpha value is -3.79. The number of nitrogens with one attached hydrogen (secondary N) is 2. The predicted octanol–water partition coefficient (Wildman–Crippen LogP) is 1.75. The first-order chi connectivity index (χ1) is 11.5. The van der Waals surface area contributed by atoms with Crippen LogP contribution in [0.5, 0.6) is 5.75 Å². The van der Waals surface area contributed by atoms with E-state index >= 15 is 0 Å². The number of nitrogens with two attached hydrogens (primary N) is 1. The number of para-hydroxylation sites is 2. The van der Waals surface area contributed by atoms with E-state index in [1.165, 1.54) is 24.3 Å². The normalized spacial score (nSPS) is 10.5. The highest BCUT2D eigenvalue weighted by molar-refractivity contribution is 6.07. The van der Waals surface area contributed by atoms with Gasteiger partial charge in [0.25, 0.3) is 11.8 Å². The summed E-state index contributed by atoms with van der Waals surface area (Å²) in [6, 6.07) is 14.0. The Balaban J connectivity index is 2.07. The van der Waals surface area contributed by atoms with Gasteiger partial charge in [-0.1, -0.05) is 12.1 Å². The standard InChI is InChI=1S/C17H14N4O3/c18-9-12(17(24)21-14-3-1-2-4-15(14)22)10-20-16(23)11-5-7-13(19)8-6-11/h1-8,10,22H,19H2,(H,20,23)(H,21,24)/b12-10-. The molecule has 0 aliphatic rings. The maximum atomic E-state index is 12.0. The van der Waals surface area contributed by atoms with Crippen molar-refractivity contribution in [2.24, 2.45) is 0 Å².